The van der Waals surface area contributed by atoms with E-state index < -0.39 is 7.12 Å². The van der Waals surface area contributed by atoms with Crippen LogP contribution in [0.3, 0.4) is 0 Å². The lowest BCUT2D eigenvalue weighted by atomic mass is 9.78. The molecule has 1 aromatic carbocycles. The summed E-state index contributed by atoms with van der Waals surface area (Å²) in [5.41, 5.74) is 4.42. The molecular formula is C9H9BO3. The molecule has 0 atom stereocenters. The van der Waals surface area contributed by atoms with Crippen LogP contribution in [0.25, 0.3) is 0 Å². The lowest BCUT2D eigenvalue weighted by Crippen LogP contribution is -2.28. The Kier molecular flexibility index (Phi) is 1.50. The van der Waals surface area contributed by atoms with E-state index in [0.29, 0.717) is 19.8 Å². The van der Waals surface area contributed by atoms with Gasteiger partial charge in [-0.05, 0) is 22.2 Å². The molecular weight excluding hydrogens is 167 g/mol. The largest absolute Gasteiger partial charge is 0.491 e. The Hall–Kier alpha value is -0.835. The maximum absolute atomic E-state index is 9.45. The van der Waals surface area contributed by atoms with Gasteiger partial charge in [-0.25, -0.2) is 0 Å². The predicted octanol–water partition coefficient (Wildman–Crippen LogP) is -0.0655. The second kappa shape index (κ2) is 2.58. The third-order valence-electron chi connectivity index (χ3n) is 2.64. The lowest BCUT2D eigenvalue weighted by Gasteiger charge is -2.01. The topological polar surface area (TPSA) is 38.7 Å². The van der Waals surface area contributed by atoms with Crippen LogP contribution in [0.5, 0.6) is 0 Å². The van der Waals surface area contributed by atoms with Crippen LogP contribution >= 0.6 is 0 Å². The van der Waals surface area contributed by atoms with Gasteiger partial charge in [0.1, 0.15) is 0 Å². The van der Waals surface area contributed by atoms with E-state index in [0.717, 1.165) is 11.0 Å². The monoisotopic (exact) mass is 176 g/mol. The van der Waals surface area contributed by atoms with Crippen molar-refractivity contribution in [3.63, 3.8) is 0 Å². The Balaban J connectivity index is 2.16. The van der Waals surface area contributed by atoms with E-state index in [1.165, 1.54) is 11.1 Å². The van der Waals surface area contributed by atoms with Crippen molar-refractivity contribution < 1.29 is 14.4 Å². The van der Waals surface area contributed by atoms with Crippen LogP contribution in [0, 0.1) is 0 Å². The molecule has 0 bridgehead atoms. The minimum Gasteiger partial charge on any atom is -0.423 e. The smallest absolute Gasteiger partial charge is 0.423 e. The summed E-state index contributed by atoms with van der Waals surface area (Å²) in [6.07, 6.45) is 0. The van der Waals surface area contributed by atoms with Crippen molar-refractivity contribution in [2.24, 2.45) is 0 Å². The summed E-state index contributed by atoms with van der Waals surface area (Å²) < 4.78 is 10.4. The first-order chi connectivity index (χ1) is 6.34. The second-order valence-corrected chi connectivity index (χ2v) is 3.48. The molecule has 0 saturated heterocycles. The van der Waals surface area contributed by atoms with E-state index in [9.17, 15) is 5.02 Å². The third-order valence-corrected chi connectivity index (χ3v) is 2.64. The molecule has 4 heteroatoms. The highest BCUT2D eigenvalue weighted by Gasteiger charge is 2.29. The molecule has 66 valence electrons. The van der Waals surface area contributed by atoms with E-state index in [-0.39, 0.29) is 0 Å². The van der Waals surface area contributed by atoms with Crippen molar-refractivity contribution in [1.82, 2.24) is 0 Å². The first-order valence-corrected chi connectivity index (χ1v) is 4.36. The van der Waals surface area contributed by atoms with E-state index in [4.69, 9.17) is 9.39 Å². The highest BCUT2D eigenvalue weighted by atomic mass is 16.5. The summed E-state index contributed by atoms with van der Waals surface area (Å²) in [5.74, 6) is 0. The van der Waals surface area contributed by atoms with Crippen LogP contribution in [0.1, 0.15) is 16.7 Å². The molecule has 1 N–H and O–H groups in total. The molecule has 0 amide bonds. The summed E-state index contributed by atoms with van der Waals surface area (Å²) in [6, 6.07) is 4.07. The van der Waals surface area contributed by atoms with Crippen LogP contribution in [-0.4, -0.2) is 12.1 Å². The zero-order valence-corrected chi connectivity index (χ0v) is 7.12. The minimum absolute atomic E-state index is 0.518. The van der Waals surface area contributed by atoms with E-state index >= 15 is 0 Å². The zero-order valence-electron chi connectivity index (χ0n) is 7.12. The summed E-state index contributed by atoms with van der Waals surface area (Å²) in [7, 11) is -0.735. The molecule has 2 aliphatic rings. The van der Waals surface area contributed by atoms with Crippen LogP contribution in [0.2, 0.25) is 0 Å². The molecule has 0 fully saturated rings. The number of hydrogen-bond acceptors (Lipinski definition) is 3. The summed E-state index contributed by atoms with van der Waals surface area (Å²) in [5, 5.41) is 9.45. The van der Waals surface area contributed by atoms with E-state index in [1.54, 1.807) is 0 Å². The fraction of sp³-hybridized carbons (Fsp3) is 0.333. The van der Waals surface area contributed by atoms with Gasteiger partial charge in [0.05, 0.1) is 19.8 Å². The van der Waals surface area contributed by atoms with Gasteiger partial charge in [0.25, 0.3) is 0 Å². The molecule has 0 aromatic heterocycles. The van der Waals surface area contributed by atoms with Gasteiger partial charge in [-0.3, -0.25) is 0 Å². The SMILES string of the molecule is OB1OCc2cc3c(cc21)COC3. The highest BCUT2D eigenvalue weighted by Crippen LogP contribution is 2.22. The van der Waals surface area contributed by atoms with Crippen molar-refractivity contribution in [2.45, 2.75) is 19.8 Å². The summed E-state index contributed by atoms with van der Waals surface area (Å²) in [4.78, 5) is 0. The van der Waals surface area contributed by atoms with Crippen LogP contribution < -0.4 is 5.46 Å². The Morgan fingerprint density at radius 1 is 1.08 bits per heavy atom. The summed E-state index contributed by atoms with van der Waals surface area (Å²) >= 11 is 0. The molecule has 13 heavy (non-hydrogen) atoms. The van der Waals surface area contributed by atoms with Gasteiger partial charge in [-0.15, -0.1) is 0 Å². The number of benzene rings is 1. The molecule has 3 nitrogen and oxygen atoms in total. The van der Waals surface area contributed by atoms with Gasteiger partial charge in [0, 0.05) is 0 Å². The maximum Gasteiger partial charge on any atom is 0.491 e. The maximum atomic E-state index is 9.45. The average Bonchev–Trinajstić information content (AvgIpc) is 2.70. The first kappa shape index (κ1) is 7.56. The fourth-order valence-corrected chi connectivity index (χ4v) is 1.91. The molecule has 0 unspecified atom stereocenters. The first-order valence-electron chi connectivity index (χ1n) is 4.36. The Bertz CT molecular complexity index is 364. The molecule has 0 spiro atoms. The fourth-order valence-electron chi connectivity index (χ4n) is 1.91. The molecule has 0 aliphatic carbocycles. The zero-order chi connectivity index (χ0) is 8.84. The van der Waals surface area contributed by atoms with E-state index in [2.05, 4.69) is 6.07 Å². The summed E-state index contributed by atoms with van der Waals surface area (Å²) in [6.45, 7) is 1.87. The van der Waals surface area contributed by atoms with Crippen molar-refractivity contribution >= 4 is 12.6 Å². The van der Waals surface area contributed by atoms with Crippen molar-refractivity contribution in [2.75, 3.05) is 0 Å². The number of fused-ring (bicyclic) bond motifs is 2. The molecule has 2 aliphatic heterocycles. The van der Waals surface area contributed by atoms with Crippen molar-refractivity contribution in [3.8, 4) is 0 Å². The number of rotatable bonds is 0. The quantitative estimate of drug-likeness (QED) is 0.562. The normalized spacial score (nSPS) is 19.0. The van der Waals surface area contributed by atoms with Gasteiger partial charge in [-0.1, -0.05) is 12.1 Å². The van der Waals surface area contributed by atoms with Crippen LogP contribution in [0.15, 0.2) is 12.1 Å². The lowest BCUT2D eigenvalue weighted by molar-refractivity contribution is 0.134. The number of hydrogen-bond donors (Lipinski definition) is 1. The standard InChI is InChI=1S/C9H9BO3/c11-10-9-2-7-4-12-3-6(7)1-8(9)5-13-10/h1-2,11H,3-5H2. The molecule has 0 saturated carbocycles. The van der Waals surface area contributed by atoms with Crippen LogP contribution in [-0.2, 0) is 29.2 Å². The predicted molar refractivity (Wildman–Crippen MR) is 47.3 cm³/mol. The Labute approximate surface area is 76.4 Å². The van der Waals surface area contributed by atoms with Gasteiger partial charge in [0.2, 0.25) is 0 Å². The Morgan fingerprint density at radius 2 is 1.85 bits per heavy atom. The van der Waals surface area contributed by atoms with Gasteiger partial charge >= 0.3 is 7.12 Å². The van der Waals surface area contributed by atoms with Crippen molar-refractivity contribution in [1.29, 1.82) is 0 Å². The van der Waals surface area contributed by atoms with Crippen LogP contribution in [0.4, 0.5) is 0 Å². The molecule has 0 radical (unpaired) electrons. The second-order valence-electron chi connectivity index (χ2n) is 3.48. The van der Waals surface area contributed by atoms with E-state index in [1.807, 2.05) is 6.07 Å². The van der Waals surface area contributed by atoms with Gasteiger partial charge in [0.15, 0.2) is 0 Å². The number of ether oxygens (including phenoxy) is 1. The van der Waals surface area contributed by atoms with Gasteiger partial charge < -0.3 is 14.4 Å². The highest BCUT2D eigenvalue weighted by molar-refractivity contribution is 6.61. The van der Waals surface area contributed by atoms with Crippen molar-refractivity contribution in [3.05, 3.63) is 28.8 Å². The molecule has 1 aromatic rings. The third kappa shape index (κ3) is 1.03. The molecule has 3 rings (SSSR count). The minimum atomic E-state index is -0.735. The Morgan fingerprint density at radius 3 is 2.69 bits per heavy atom. The van der Waals surface area contributed by atoms with Gasteiger partial charge in [-0.2, -0.15) is 0 Å². The average molecular weight is 176 g/mol. The molecule has 2 heterocycles.